The quantitative estimate of drug-likeness (QED) is 0.266. The fourth-order valence-corrected chi connectivity index (χ4v) is 6.36. The Morgan fingerprint density at radius 1 is 0.769 bits per heavy atom. The maximum Gasteiger partial charge on any atom is 0.234 e. The third kappa shape index (κ3) is 4.25. The Morgan fingerprint density at radius 3 is 2.05 bits per heavy atom. The molecule has 1 spiro atoms. The number of para-hydroxylation sites is 1. The standard InChI is InChI=1S/C33H30N4OS/c1-22(2)25-16-18-26(19-17-25)31-29-12-8-9-13-30(29)33(36(34-31)27-10-6-5-7-11-27)37(35-32(39-33)24(4)38)28-20-14-23(3)15-21-28/h5-22H,1-4H3/t33-/m0/s1. The average Bonchev–Trinajstić information content (AvgIpc) is 3.36. The first-order valence-corrected chi connectivity index (χ1v) is 14.0. The molecule has 0 bridgehead atoms. The fraction of sp³-hybridized carbons (Fsp3) is 0.182. The van der Waals surface area contributed by atoms with Crippen molar-refractivity contribution in [2.24, 2.45) is 10.2 Å². The highest BCUT2D eigenvalue weighted by Gasteiger charge is 2.55. The Balaban J connectivity index is 1.62. The molecule has 6 heteroatoms. The van der Waals surface area contributed by atoms with E-state index in [1.807, 2.05) is 40.3 Å². The van der Waals surface area contributed by atoms with Crippen LogP contribution in [-0.2, 0) is 9.79 Å². The molecule has 0 amide bonds. The number of carbonyl (C=O) groups is 1. The number of thioether (sulfide) groups is 1. The molecule has 0 fully saturated rings. The Kier molecular flexibility index (Phi) is 6.35. The summed E-state index contributed by atoms with van der Waals surface area (Å²) in [5, 5.41) is 14.7. The molecule has 0 saturated heterocycles. The van der Waals surface area contributed by atoms with Gasteiger partial charge in [-0.2, -0.15) is 10.2 Å². The number of aryl methyl sites for hydroxylation is 1. The molecule has 2 aliphatic rings. The predicted molar refractivity (Wildman–Crippen MR) is 163 cm³/mol. The second-order valence-electron chi connectivity index (χ2n) is 10.2. The van der Waals surface area contributed by atoms with E-state index in [4.69, 9.17) is 10.2 Å². The summed E-state index contributed by atoms with van der Waals surface area (Å²) in [6.07, 6.45) is 0. The van der Waals surface area contributed by atoms with Crippen molar-refractivity contribution >= 4 is 39.7 Å². The van der Waals surface area contributed by atoms with Gasteiger partial charge in [0.15, 0.2) is 10.8 Å². The minimum Gasteiger partial charge on any atom is -0.292 e. The van der Waals surface area contributed by atoms with Crippen molar-refractivity contribution in [3.8, 4) is 0 Å². The van der Waals surface area contributed by atoms with Crippen molar-refractivity contribution in [2.75, 3.05) is 10.0 Å². The number of rotatable bonds is 5. The van der Waals surface area contributed by atoms with Crippen molar-refractivity contribution in [1.82, 2.24) is 0 Å². The van der Waals surface area contributed by atoms with Gasteiger partial charge in [0.25, 0.3) is 0 Å². The topological polar surface area (TPSA) is 48.3 Å². The molecule has 1 atom stereocenters. The minimum atomic E-state index is -0.935. The molecule has 0 radical (unpaired) electrons. The van der Waals surface area contributed by atoms with E-state index in [1.54, 1.807) is 6.92 Å². The van der Waals surface area contributed by atoms with Gasteiger partial charge in [-0.25, -0.2) is 10.0 Å². The lowest BCUT2D eigenvalue weighted by molar-refractivity contribution is -0.110. The molecule has 5 nitrogen and oxygen atoms in total. The second-order valence-corrected chi connectivity index (χ2v) is 11.4. The first-order chi connectivity index (χ1) is 18.9. The van der Waals surface area contributed by atoms with Gasteiger partial charge in [0.2, 0.25) is 4.99 Å². The first-order valence-electron chi connectivity index (χ1n) is 13.2. The van der Waals surface area contributed by atoms with E-state index in [2.05, 4.69) is 93.6 Å². The summed E-state index contributed by atoms with van der Waals surface area (Å²) in [6.45, 7) is 8.04. The Labute approximate surface area is 233 Å². The molecule has 194 valence electrons. The van der Waals surface area contributed by atoms with Gasteiger partial charge >= 0.3 is 0 Å². The largest absolute Gasteiger partial charge is 0.292 e. The van der Waals surface area contributed by atoms with E-state index in [1.165, 1.54) is 17.3 Å². The molecule has 6 rings (SSSR count). The van der Waals surface area contributed by atoms with Gasteiger partial charge in [-0.05, 0) is 54.4 Å². The molecule has 0 unspecified atom stereocenters. The third-order valence-electron chi connectivity index (χ3n) is 7.17. The van der Waals surface area contributed by atoms with Crippen LogP contribution in [0.25, 0.3) is 0 Å². The molecule has 2 heterocycles. The SMILES string of the molecule is CC(=O)C1=NN(c2ccc(C)cc2)[C@]2(S1)c1ccccc1C(c1ccc(C(C)C)cc1)=NN2c1ccccc1. The van der Waals surface area contributed by atoms with E-state index in [-0.39, 0.29) is 5.78 Å². The summed E-state index contributed by atoms with van der Waals surface area (Å²) in [5.74, 6) is 0.377. The highest BCUT2D eigenvalue weighted by molar-refractivity contribution is 8.17. The van der Waals surface area contributed by atoms with Crippen LogP contribution in [0.4, 0.5) is 11.4 Å². The molecular formula is C33H30N4OS. The number of anilines is 2. The summed E-state index contributed by atoms with van der Waals surface area (Å²) in [6, 6.07) is 35.4. The number of benzene rings is 4. The Bertz CT molecular complexity index is 1590. The van der Waals surface area contributed by atoms with E-state index >= 15 is 0 Å². The van der Waals surface area contributed by atoms with E-state index in [9.17, 15) is 4.79 Å². The van der Waals surface area contributed by atoms with Crippen LogP contribution in [0.5, 0.6) is 0 Å². The number of Topliss-reactive ketones (excluding diaryl/α,β-unsaturated/α-hetero) is 1. The lowest BCUT2D eigenvalue weighted by Gasteiger charge is -2.47. The number of hydrazone groups is 2. The van der Waals surface area contributed by atoms with Crippen LogP contribution in [0.15, 0.2) is 113 Å². The lowest BCUT2D eigenvalue weighted by atomic mass is 9.92. The van der Waals surface area contributed by atoms with Crippen molar-refractivity contribution in [1.29, 1.82) is 0 Å². The monoisotopic (exact) mass is 530 g/mol. The van der Waals surface area contributed by atoms with Crippen LogP contribution in [0.2, 0.25) is 0 Å². The summed E-state index contributed by atoms with van der Waals surface area (Å²) in [7, 11) is 0. The average molecular weight is 531 g/mol. The number of ketones is 1. The van der Waals surface area contributed by atoms with Crippen LogP contribution in [-0.4, -0.2) is 16.5 Å². The summed E-state index contributed by atoms with van der Waals surface area (Å²) < 4.78 is 0. The molecule has 0 aliphatic carbocycles. The zero-order chi connectivity index (χ0) is 27.1. The number of hydrogen-bond acceptors (Lipinski definition) is 6. The molecule has 0 saturated carbocycles. The third-order valence-corrected chi connectivity index (χ3v) is 8.58. The number of nitrogens with zero attached hydrogens (tertiary/aromatic N) is 4. The predicted octanol–water partition coefficient (Wildman–Crippen LogP) is 7.66. The van der Waals surface area contributed by atoms with Crippen molar-refractivity contribution in [2.45, 2.75) is 38.6 Å². The molecule has 4 aromatic carbocycles. The number of hydrogen-bond donors (Lipinski definition) is 0. The molecule has 0 N–H and O–H groups in total. The molecule has 2 aliphatic heterocycles. The van der Waals surface area contributed by atoms with Gasteiger partial charge in [-0.3, -0.25) is 4.79 Å². The van der Waals surface area contributed by atoms with Crippen LogP contribution in [0, 0.1) is 6.92 Å². The smallest absolute Gasteiger partial charge is 0.234 e. The van der Waals surface area contributed by atoms with Gasteiger partial charge in [-0.1, -0.05) is 98.3 Å². The number of fused-ring (bicyclic) bond motifs is 2. The normalized spacial score (nSPS) is 18.3. The highest BCUT2D eigenvalue weighted by atomic mass is 32.2. The van der Waals surface area contributed by atoms with Gasteiger partial charge < -0.3 is 0 Å². The summed E-state index contributed by atoms with van der Waals surface area (Å²) >= 11 is 1.44. The van der Waals surface area contributed by atoms with Crippen molar-refractivity contribution in [3.05, 3.63) is 131 Å². The zero-order valence-corrected chi connectivity index (χ0v) is 23.3. The van der Waals surface area contributed by atoms with Gasteiger partial charge in [-0.15, -0.1) is 0 Å². The van der Waals surface area contributed by atoms with Crippen molar-refractivity contribution < 1.29 is 4.79 Å². The summed E-state index contributed by atoms with van der Waals surface area (Å²) in [5.41, 5.74) is 8.22. The second kappa shape index (κ2) is 9.86. The first kappa shape index (κ1) is 25.1. The maximum atomic E-state index is 12.8. The fourth-order valence-electron chi connectivity index (χ4n) is 5.07. The van der Waals surface area contributed by atoms with Crippen LogP contribution >= 0.6 is 11.8 Å². The molecule has 39 heavy (non-hydrogen) atoms. The zero-order valence-electron chi connectivity index (χ0n) is 22.5. The van der Waals surface area contributed by atoms with Gasteiger partial charge in [0, 0.05) is 23.6 Å². The van der Waals surface area contributed by atoms with Crippen LogP contribution in [0.3, 0.4) is 0 Å². The van der Waals surface area contributed by atoms with E-state index in [0.29, 0.717) is 11.0 Å². The van der Waals surface area contributed by atoms with Gasteiger partial charge in [0.05, 0.1) is 17.1 Å². The molecule has 4 aromatic rings. The maximum absolute atomic E-state index is 12.8. The van der Waals surface area contributed by atoms with E-state index < -0.39 is 4.99 Å². The Hall–Kier alpha value is -4.16. The highest BCUT2D eigenvalue weighted by Crippen LogP contribution is 2.55. The van der Waals surface area contributed by atoms with Gasteiger partial charge in [0.1, 0.15) is 0 Å². The number of carbonyl (C=O) groups excluding carboxylic acids is 1. The lowest BCUT2D eigenvalue weighted by Crippen LogP contribution is -2.54. The molecular weight excluding hydrogens is 500 g/mol. The summed E-state index contributed by atoms with van der Waals surface area (Å²) in [4.78, 5) is 11.9. The van der Waals surface area contributed by atoms with Crippen LogP contribution < -0.4 is 10.0 Å². The van der Waals surface area contributed by atoms with E-state index in [0.717, 1.165) is 39.3 Å². The molecule has 0 aromatic heterocycles. The minimum absolute atomic E-state index is 0.0708. The Morgan fingerprint density at radius 2 is 1.38 bits per heavy atom. The van der Waals surface area contributed by atoms with Crippen molar-refractivity contribution in [3.63, 3.8) is 0 Å². The van der Waals surface area contributed by atoms with Crippen LogP contribution in [0.1, 0.15) is 54.5 Å².